The van der Waals surface area contributed by atoms with Crippen LogP contribution in [0.15, 0.2) is 36.5 Å². The molecule has 2 heterocycles. The molecule has 6 heteroatoms. The molecule has 1 unspecified atom stereocenters. The monoisotopic (exact) mass is 290 g/mol. The molecule has 2 N–H and O–H groups in total. The first-order valence-electron chi connectivity index (χ1n) is 6.34. The molecule has 0 spiro atoms. The van der Waals surface area contributed by atoms with Crippen LogP contribution in [0.3, 0.4) is 0 Å². The van der Waals surface area contributed by atoms with Gasteiger partial charge in [0.05, 0.1) is 23.6 Å². The van der Waals surface area contributed by atoms with Gasteiger partial charge in [-0.1, -0.05) is 0 Å². The predicted octanol–water partition coefficient (Wildman–Crippen LogP) is 1.56. The molecule has 1 saturated heterocycles. The number of nitrogens with one attached hydrogen (secondary N) is 1. The standard InChI is InChI=1S/C14H14N2O3S/c17-10-3-1-9(2-4-10)15-8-11(18)12-5-6-16-13(19)7-14(16)20-12/h1-6,12,14-15,17H,7-8H2/t12?,14-/m1/s1. The average molecular weight is 290 g/mol. The summed E-state index contributed by atoms with van der Waals surface area (Å²) in [6.07, 6.45) is 4.01. The van der Waals surface area contributed by atoms with Crippen molar-refractivity contribution < 1.29 is 14.7 Å². The maximum Gasteiger partial charge on any atom is 0.230 e. The zero-order chi connectivity index (χ0) is 14.1. The molecule has 2 aliphatic heterocycles. The second kappa shape index (κ2) is 5.20. The molecule has 0 saturated carbocycles. The van der Waals surface area contributed by atoms with Crippen molar-refractivity contribution >= 4 is 29.1 Å². The van der Waals surface area contributed by atoms with E-state index in [1.54, 1.807) is 41.4 Å². The molecule has 0 aliphatic carbocycles. The molecule has 5 nitrogen and oxygen atoms in total. The zero-order valence-corrected chi connectivity index (χ0v) is 11.5. The van der Waals surface area contributed by atoms with E-state index in [1.807, 2.05) is 0 Å². The molecular formula is C14H14N2O3S. The lowest BCUT2D eigenvalue weighted by molar-refractivity contribution is -0.137. The fourth-order valence-corrected chi connectivity index (χ4v) is 3.42. The number of hydrogen-bond donors (Lipinski definition) is 2. The third kappa shape index (κ3) is 2.51. The number of hydrogen-bond acceptors (Lipinski definition) is 5. The van der Waals surface area contributed by atoms with Gasteiger partial charge in [0.1, 0.15) is 5.75 Å². The number of aromatic hydroxyl groups is 1. The number of carbonyl (C=O) groups excluding carboxylic acids is 2. The lowest BCUT2D eigenvalue weighted by Gasteiger charge is -2.41. The van der Waals surface area contributed by atoms with Crippen molar-refractivity contribution in [1.82, 2.24) is 4.90 Å². The first-order valence-corrected chi connectivity index (χ1v) is 7.28. The van der Waals surface area contributed by atoms with Gasteiger partial charge in [-0.05, 0) is 30.3 Å². The van der Waals surface area contributed by atoms with Crippen LogP contribution in [0.1, 0.15) is 6.42 Å². The van der Waals surface area contributed by atoms with Gasteiger partial charge in [0.2, 0.25) is 5.91 Å². The molecule has 1 amide bonds. The molecule has 3 rings (SSSR count). The number of carbonyl (C=O) groups is 2. The molecule has 1 aromatic rings. The summed E-state index contributed by atoms with van der Waals surface area (Å²) in [7, 11) is 0. The average Bonchev–Trinajstić information content (AvgIpc) is 2.45. The van der Waals surface area contributed by atoms with E-state index < -0.39 is 0 Å². The third-order valence-corrected chi connectivity index (χ3v) is 4.75. The highest BCUT2D eigenvalue weighted by molar-refractivity contribution is 8.01. The quantitative estimate of drug-likeness (QED) is 0.650. The predicted molar refractivity (Wildman–Crippen MR) is 77.4 cm³/mol. The molecule has 1 aromatic carbocycles. The number of nitrogens with zero attached hydrogens (tertiary/aromatic N) is 1. The summed E-state index contributed by atoms with van der Waals surface area (Å²) in [4.78, 5) is 25.0. The number of amides is 1. The number of rotatable bonds is 4. The Labute approximate surface area is 120 Å². The number of phenolic OH excluding ortho intramolecular Hbond substituents is 1. The summed E-state index contributed by atoms with van der Waals surface area (Å²) in [5.41, 5.74) is 0.793. The highest BCUT2D eigenvalue weighted by Crippen LogP contribution is 2.37. The maximum atomic E-state index is 12.1. The van der Waals surface area contributed by atoms with Crippen LogP contribution >= 0.6 is 11.8 Å². The van der Waals surface area contributed by atoms with Gasteiger partial charge in [0.15, 0.2) is 5.78 Å². The fraction of sp³-hybridized carbons (Fsp3) is 0.286. The minimum absolute atomic E-state index is 0.0818. The van der Waals surface area contributed by atoms with Crippen molar-refractivity contribution in [2.75, 3.05) is 11.9 Å². The Morgan fingerprint density at radius 2 is 2.15 bits per heavy atom. The van der Waals surface area contributed by atoms with E-state index in [1.165, 1.54) is 11.8 Å². The van der Waals surface area contributed by atoms with Gasteiger partial charge < -0.3 is 15.3 Å². The maximum absolute atomic E-state index is 12.1. The Balaban J connectivity index is 1.55. The number of phenols is 1. The Kier molecular flexibility index (Phi) is 3.40. The van der Waals surface area contributed by atoms with E-state index in [2.05, 4.69) is 5.32 Å². The summed E-state index contributed by atoms with van der Waals surface area (Å²) < 4.78 is 0. The number of Topliss-reactive ketones (excluding diaryl/α,β-unsaturated/α-hetero) is 1. The largest absolute Gasteiger partial charge is 0.508 e. The van der Waals surface area contributed by atoms with Crippen molar-refractivity contribution in [2.24, 2.45) is 0 Å². The van der Waals surface area contributed by atoms with Crippen LogP contribution in [0.25, 0.3) is 0 Å². The number of benzene rings is 1. The number of fused-ring (bicyclic) bond motifs is 1. The molecule has 2 atom stereocenters. The molecular weight excluding hydrogens is 276 g/mol. The van der Waals surface area contributed by atoms with Crippen molar-refractivity contribution in [1.29, 1.82) is 0 Å². The molecule has 0 radical (unpaired) electrons. The smallest absolute Gasteiger partial charge is 0.230 e. The van der Waals surface area contributed by atoms with Crippen LogP contribution in [-0.4, -0.2) is 38.9 Å². The number of anilines is 1. The van der Waals surface area contributed by atoms with Crippen LogP contribution < -0.4 is 5.32 Å². The van der Waals surface area contributed by atoms with Crippen LogP contribution in [-0.2, 0) is 9.59 Å². The van der Waals surface area contributed by atoms with Crippen LogP contribution in [0, 0.1) is 0 Å². The number of ketones is 1. The highest BCUT2D eigenvalue weighted by Gasteiger charge is 2.40. The Morgan fingerprint density at radius 1 is 1.40 bits per heavy atom. The molecule has 0 aromatic heterocycles. The zero-order valence-electron chi connectivity index (χ0n) is 10.7. The van der Waals surface area contributed by atoms with Gasteiger partial charge in [-0.2, -0.15) is 0 Å². The first-order chi connectivity index (χ1) is 9.63. The molecule has 1 fully saturated rings. The van der Waals surface area contributed by atoms with E-state index in [0.717, 1.165) is 5.69 Å². The summed E-state index contributed by atoms with van der Waals surface area (Å²) in [6.45, 7) is 0.230. The minimum atomic E-state index is -0.200. The van der Waals surface area contributed by atoms with Gasteiger partial charge in [-0.25, -0.2) is 0 Å². The first kappa shape index (κ1) is 13.1. The second-order valence-corrected chi connectivity index (χ2v) is 6.05. The summed E-state index contributed by atoms with van der Waals surface area (Å²) in [6, 6.07) is 6.58. The van der Waals surface area contributed by atoms with Crippen molar-refractivity contribution in [3.63, 3.8) is 0 Å². The van der Waals surface area contributed by atoms with Crippen LogP contribution in [0.4, 0.5) is 5.69 Å². The molecule has 104 valence electrons. The summed E-state index contributed by atoms with van der Waals surface area (Å²) in [5.74, 6) is 0.396. The Hall–Kier alpha value is -1.95. The van der Waals surface area contributed by atoms with Crippen LogP contribution in [0.5, 0.6) is 5.75 Å². The molecule has 2 aliphatic rings. The SMILES string of the molecule is O=C(CNc1ccc(O)cc1)C1C=CN2C(=O)C[C@H]2S1. The van der Waals surface area contributed by atoms with Crippen molar-refractivity contribution in [3.05, 3.63) is 36.5 Å². The van der Waals surface area contributed by atoms with Gasteiger partial charge in [0.25, 0.3) is 0 Å². The lowest BCUT2D eigenvalue weighted by Crippen LogP contribution is -2.50. The summed E-state index contributed by atoms with van der Waals surface area (Å²) >= 11 is 1.52. The van der Waals surface area contributed by atoms with Crippen molar-refractivity contribution in [3.8, 4) is 5.75 Å². The van der Waals surface area contributed by atoms with Gasteiger partial charge in [-0.15, -0.1) is 11.8 Å². The Bertz CT molecular complexity index is 570. The van der Waals surface area contributed by atoms with Crippen molar-refractivity contribution in [2.45, 2.75) is 17.0 Å². The molecule has 0 bridgehead atoms. The normalized spacial score (nSPS) is 24.0. The Morgan fingerprint density at radius 3 is 2.80 bits per heavy atom. The van der Waals surface area contributed by atoms with E-state index >= 15 is 0 Å². The van der Waals surface area contributed by atoms with Gasteiger partial charge >= 0.3 is 0 Å². The highest BCUT2D eigenvalue weighted by atomic mass is 32.2. The summed E-state index contributed by atoms with van der Waals surface area (Å²) in [5, 5.41) is 12.1. The number of β-lactam (4-membered cyclic amide) rings is 1. The molecule has 20 heavy (non-hydrogen) atoms. The number of thioether (sulfide) groups is 1. The van der Waals surface area contributed by atoms with E-state index in [4.69, 9.17) is 0 Å². The lowest BCUT2D eigenvalue weighted by atomic mass is 10.2. The van der Waals surface area contributed by atoms with Crippen LogP contribution in [0.2, 0.25) is 0 Å². The fourth-order valence-electron chi connectivity index (χ4n) is 2.13. The minimum Gasteiger partial charge on any atom is -0.508 e. The third-order valence-electron chi connectivity index (χ3n) is 3.32. The van der Waals surface area contributed by atoms with Gasteiger partial charge in [-0.3, -0.25) is 9.59 Å². The van der Waals surface area contributed by atoms with Gasteiger partial charge in [0, 0.05) is 11.9 Å². The topological polar surface area (TPSA) is 69.6 Å². The van der Waals surface area contributed by atoms with E-state index in [0.29, 0.717) is 6.42 Å². The van der Waals surface area contributed by atoms with E-state index in [-0.39, 0.29) is 34.6 Å². The second-order valence-electron chi connectivity index (χ2n) is 4.72. The van der Waals surface area contributed by atoms with E-state index in [9.17, 15) is 14.7 Å².